The molecular formula is C21H27NO4. The monoisotopic (exact) mass is 357 g/mol. The summed E-state index contributed by atoms with van der Waals surface area (Å²) in [7, 11) is 1.62. The van der Waals surface area contributed by atoms with Crippen molar-refractivity contribution in [1.29, 1.82) is 0 Å². The Hall–Kier alpha value is -2.69. The maximum absolute atomic E-state index is 11.7. The molecule has 0 unspecified atom stereocenters. The third kappa shape index (κ3) is 6.67. The van der Waals surface area contributed by atoms with E-state index in [1.165, 1.54) is 0 Å². The summed E-state index contributed by atoms with van der Waals surface area (Å²) < 4.78 is 16.5. The lowest BCUT2D eigenvalue weighted by molar-refractivity contribution is 0.0528. The predicted molar refractivity (Wildman–Crippen MR) is 102 cm³/mol. The Balaban J connectivity index is 1.88. The standard InChI is InChI=1S/C21H27NO4/c1-21(2,3)26-20(23)22-13-12-16-10-11-18(19(14-16)24-4)25-15-17-8-6-5-7-9-17/h5-11,14H,12-13,15H2,1-4H3,(H,22,23). The molecule has 0 saturated carbocycles. The zero-order chi connectivity index (χ0) is 19.0. The van der Waals surface area contributed by atoms with Crippen molar-refractivity contribution in [3.05, 3.63) is 59.7 Å². The highest BCUT2D eigenvalue weighted by Crippen LogP contribution is 2.29. The van der Waals surface area contributed by atoms with E-state index >= 15 is 0 Å². The topological polar surface area (TPSA) is 56.8 Å². The van der Waals surface area contributed by atoms with Gasteiger partial charge in [0.25, 0.3) is 0 Å². The molecule has 0 saturated heterocycles. The molecule has 0 fully saturated rings. The fourth-order valence-corrected chi connectivity index (χ4v) is 2.35. The lowest BCUT2D eigenvalue weighted by atomic mass is 10.1. The molecule has 1 amide bonds. The van der Waals surface area contributed by atoms with Gasteiger partial charge in [-0.15, -0.1) is 0 Å². The van der Waals surface area contributed by atoms with Crippen molar-refractivity contribution >= 4 is 6.09 Å². The van der Waals surface area contributed by atoms with Gasteiger partial charge in [0.05, 0.1) is 7.11 Å². The van der Waals surface area contributed by atoms with Crippen LogP contribution in [-0.2, 0) is 17.8 Å². The minimum atomic E-state index is -0.495. The minimum Gasteiger partial charge on any atom is -0.493 e. The maximum Gasteiger partial charge on any atom is 0.407 e. The summed E-state index contributed by atoms with van der Waals surface area (Å²) in [5, 5.41) is 2.75. The summed E-state index contributed by atoms with van der Waals surface area (Å²) in [4.78, 5) is 11.7. The quantitative estimate of drug-likeness (QED) is 0.801. The molecule has 0 aromatic heterocycles. The number of hydrogen-bond donors (Lipinski definition) is 1. The van der Waals surface area contributed by atoms with Crippen LogP contribution in [0.4, 0.5) is 4.79 Å². The summed E-state index contributed by atoms with van der Waals surface area (Å²) in [6, 6.07) is 15.8. The summed E-state index contributed by atoms with van der Waals surface area (Å²) in [5.41, 5.74) is 1.65. The van der Waals surface area contributed by atoms with E-state index in [1.54, 1.807) is 7.11 Å². The zero-order valence-corrected chi connectivity index (χ0v) is 15.9. The average Bonchev–Trinajstić information content (AvgIpc) is 2.59. The minimum absolute atomic E-state index is 0.410. The molecule has 1 N–H and O–H groups in total. The molecular weight excluding hydrogens is 330 g/mol. The second kappa shape index (κ2) is 9.13. The fraction of sp³-hybridized carbons (Fsp3) is 0.381. The second-order valence-corrected chi connectivity index (χ2v) is 6.94. The lowest BCUT2D eigenvalue weighted by Gasteiger charge is -2.19. The van der Waals surface area contributed by atoms with Crippen LogP contribution in [0.15, 0.2) is 48.5 Å². The Kier molecular flexibility index (Phi) is 6.89. The SMILES string of the molecule is COc1cc(CCNC(=O)OC(C)(C)C)ccc1OCc1ccccc1. The molecule has 2 aromatic carbocycles. The number of benzene rings is 2. The first-order valence-corrected chi connectivity index (χ1v) is 8.68. The van der Waals surface area contributed by atoms with E-state index < -0.39 is 11.7 Å². The van der Waals surface area contributed by atoms with Crippen molar-refractivity contribution in [2.45, 2.75) is 39.4 Å². The van der Waals surface area contributed by atoms with Gasteiger partial charge in [-0.2, -0.15) is 0 Å². The largest absolute Gasteiger partial charge is 0.493 e. The number of rotatable bonds is 7. The van der Waals surface area contributed by atoms with Gasteiger partial charge in [0.1, 0.15) is 12.2 Å². The molecule has 5 nitrogen and oxygen atoms in total. The van der Waals surface area contributed by atoms with Gasteiger partial charge < -0.3 is 19.5 Å². The average molecular weight is 357 g/mol. The number of ether oxygens (including phenoxy) is 3. The Morgan fingerprint density at radius 1 is 1.00 bits per heavy atom. The molecule has 140 valence electrons. The molecule has 0 radical (unpaired) electrons. The Labute approximate surface area is 155 Å². The maximum atomic E-state index is 11.7. The van der Waals surface area contributed by atoms with Crippen molar-refractivity contribution in [2.75, 3.05) is 13.7 Å². The van der Waals surface area contributed by atoms with Gasteiger partial charge in [0.2, 0.25) is 0 Å². The fourth-order valence-electron chi connectivity index (χ4n) is 2.35. The van der Waals surface area contributed by atoms with Gasteiger partial charge in [-0.05, 0) is 50.5 Å². The first kappa shape index (κ1) is 19.6. The second-order valence-electron chi connectivity index (χ2n) is 6.94. The van der Waals surface area contributed by atoms with E-state index in [0.29, 0.717) is 31.1 Å². The Morgan fingerprint density at radius 2 is 1.73 bits per heavy atom. The first-order chi connectivity index (χ1) is 12.4. The van der Waals surface area contributed by atoms with Gasteiger partial charge in [0.15, 0.2) is 11.5 Å². The highest BCUT2D eigenvalue weighted by Gasteiger charge is 2.15. The van der Waals surface area contributed by atoms with E-state index in [0.717, 1.165) is 11.1 Å². The van der Waals surface area contributed by atoms with Crippen LogP contribution in [0.25, 0.3) is 0 Å². The summed E-state index contributed by atoms with van der Waals surface area (Å²) >= 11 is 0. The number of carbonyl (C=O) groups excluding carboxylic acids is 1. The summed E-state index contributed by atoms with van der Waals surface area (Å²) in [6.07, 6.45) is 0.265. The lowest BCUT2D eigenvalue weighted by Crippen LogP contribution is -2.33. The summed E-state index contributed by atoms with van der Waals surface area (Å²) in [5.74, 6) is 1.37. The van der Waals surface area contributed by atoms with Crippen LogP contribution in [0.2, 0.25) is 0 Å². The van der Waals surface area contributed by atoms with Gasteiger partial charge in [-0.25, -0.2) is 4.79 Å². The number of nitrogens with one attached hydrogen (secondary N) is 1. The van der Waals surface area contributed by atoms with Crippen LogP contribution in [0.3, 0.4) is 0 Å². The van der Waals surface area contributed by atoms with Crippen LogP contribution in [0.1, 0.15) is 31.9 Å². The Morgan fingerprint density at radius 3 is 2.38 bits per heavy atom. The van der Waals surface area contributed by atoms with Crippen LogP contribution in [0, 0.1) is 0 Å². The van der Waals surface area contributed by atoms with Crippen LogP contribution in [0.5, 0.6) is 11.5 Å². The van der Waals surface area contributed by atoms with E-state index in [1.807, 2.05) is 69.3 Å². The van der Waals surface area contributed by atoms with Crippen LogP contribution >= 0.6 is 0 Å². The molecule has 2 rings (SSSR count). The molecule has 0 heterocycles. The number of carbonyl (C=O) groups is 1. The third-order valence-corrected chi connectivity index (χ3v) is 3.55. The van der Waals surface area contributed by atoms with Crippen LogP contribution < -0.4 is 14.8 Å². The third-order valence-electron chi connectivity index (χ3n) is 3.55. The van der Waals surface area contributed by atoms with E-state index in [4.69, 9.17) is 14.2 Å². The van der Waals surface area contributed by atoms with Gasteiger partial charge in [0, 0.05) is 6.54 Å². The molecule has 2 aromatic rings. The number of hydrogen-bond acceptors (Lipinski definition) is 4. The molecule has 0 aliphatic heterocycles. The highest BCUT2D eigenvalue weighted by atomic mass is 16.6. The molecule has 0 spiro atoms. The molecule has 5 heteroatoms. The number of methoxy groups -OCH3 is 1. The Bertz CT molecular complexity index is 708. The highest BCUT2D eigenvalue weighted by molar-refractivity contribution is 5.67. The van der Waals surface area contributed by atoms with E-state index in [-0.39, 0.29) is 0 Å². The molecule has 26 heavy (non-hydrogen) atoms. The van der Waals surface area contributed by atoms with E-state index in [2.05, 4.69) is 5.32 Å². The van der Waals surface area contributed by atoms with Crippen molar-refractivity contribution < 1.29 is 19.0 Å². The van der Waals surface area contributed by atoms with Crippen molar-refractivity contribution in [3.63, 3.8) is 0 Å². The first-order valence-electron chi connectivity index (χ1n) is 8.68. The van der Waals surface area contributed by atoms with Gasteiger partial charge in [-0.3, -0.25) is 0 Å². The normalized spacial score (nSPS) is 10.9. The van der Waals surface area contributed by atoms with Crippen molar-refractivity contribution in [2.24, 2.45) is 0 Å². The summed E-state index contributed by atoms with van der Waals surface area (Å²) in [6.45, 7) is 6.49. The smallest absolute Gasteiger partial charge is 0.407 e. The zero-order valence-electron chi connectivity index (χ0n) is 15.9. The number of amides is 1. The van der Waals surface area contributed by atoms with Crippen molar-refractivity contribution in [1.82, 2.24) is 5.32 Å². The molecule has 0 aliphatic rings. The predicted octanol–water partition coefficient (Wildman–Crippen LogP) is 4.34. The van der Waals surface area contributed by atoms with E-state index in [9.17, 15) is 4.79 Å². The van der Waals surface area contributed by atoms with Crippen molar-refractivity contribution in [3.8, 4) is 11.5 Å². The number of alkyl carbamates (subject to hydrolysis) is 1. The van der Waals surface area contributed by atoms with Gasteiger partial charge in [-0.1, -0.05) is 36.4 Å². The van der Waals surface area contributed by atoms with Crippen LogP contribution in [-0.4, -0.2) is 25.3 Å². The molecule has 0 bridgehead atoms. The molecule has 0 atom stereocenters. The van der Waals surface area contributed by atoms with Gasteiger partial charge >= 0.3 is 6.09 Å². The molecule has 0 aliphatic carbocycles.